The number of amides is 1. The third-order valence-electron chi connectivity index (χ3n) is 3.50. The Hall–Kier alpha value is -1.90. The smallest absolute Gasteiger partial charge is 0.253 e. The van der Waals surface area contributed by atoms with E-state index < -0.39 is 0 Å². The van der Waals surface area contributed by atoms with E-state index in [9.17, 15) is 4.79 Å². The lowest BCUT2D eigenvalue weighted by Gasteiger charge is -2.26. The molecular formula is C15H16N2O. The number of rotatable bonds is 1. The summed E-state index contributed by atoms with van der Waals surface area (Å²) in [5.74, 6) is 0.141. The highest BCUT2D eigenvalue weighted by molar-refractivity contribution is 5.97. The van der Waals surface area contributed by atoms with Crippen LogP contribution in [0.25, 0.3) is 10.9 Å². The van der Waals surface area contributed by atoms with Crippen LogP contribution in [0.15, 0.2) is 36.5 Å². The van der Waals surface area contributed by atoms with E-state index in [0.717, 1.165) is 42.4 Å². The van der Waals surface area contributed by atoms with Gasteiger partial charge in [0, 0.05) is 30.2 Å². The Bertz CT molecular complexity index is 573. The van der Waals surface area contributed by atoms with E-state index >= 15 is 0 Å². The Morgan fingerprint density at radius 3 is 2.78 bits per heavy atom. The molecular weight excluding hydrogens is 224 g/mol. The molecule has 2 aromatic rings. The molecule has 1 aromatic carbocycles. The third kappa shape index (κ3) is 2.08. The van der Waals surface area contributed by atoms with Gasteiger partial charge in [0.05, 0.1) is 5.52 Å². The monoisotopic (exact) mass is 240 g/mol. The van der Waals surface area contributed by atoms with E-state index in [1.54, 1.807) is 6.20 Å². The van der Waals surface area contributed by atoms with Gasteiger partial charge in [-0.25, -0.2) is 0 Å². The van der Waals surface area contributed by atoms with Gasteiger partial charge < -0.3 is 4.90 Å². The van der Waals surface area contributed by atoms with Gasteiger partial charge >= 0.3 is 0 Å². The lowest BCUT2D eigenvalue weighted by Crippen LogP contribution is -2.35. The number of fused-ring (bicyclic) bond motifs is 1. The molecule has 0 N–H and O–H groups in total. The molecule has 1 amide bonds. The van der Waals surface area contributed by atoms with Gasteiger partial charge in [0.15, 0.2) is 0 Å². The summed E-state index contributed by atoms with van der Waals surface area (Å²) in [6, 6.07) is 9.69. The molecule has 1 fully saturated rings. The molecule has 0 spiro atoms. The first-order valence-corrected chi connectivity index (χ1v) is 6.49. The number of benzene rings is 1. The molecule has 1 aromatic heterocycles. The zero-order valence-corrected chi connectivity index (χ0v) is 10.3. The molecule has 2 heterocycles. The maximum atomic E-state index is 12.3. The molecule has 1 aliphatic heterocycles. The van der Waals surface area contributed by atoms with Gasteiger partial charge in [-0.3, -0.25) is 9.78 Å². The zero-order chi connectivity index (χ0) is 12.4. The van der Waals surface area contributed by atoms with Crippen LogP contribution in [0.5, 0.6) is 0 Å². The summed E-state index contributed by atoms with van der Waals surface area (Å²) in [6.07, 6.45) is 5.25. The predicted octanol–water partition coefficient (Wildman–Crippen LogP) is 2.86. The lowest BCUT2D eigenvalue weighted by atomic mass is 10.1. The van der Waals surface area contributed by atoms with Gasteiger partial charge in [-0.05, 0) is 37.5 Å². The predicted molar refractivity (Wildman–Crippen MR) is 71.5 cm³/mol. The number of nitrogens with zero attached hydrogens (tertiary/aromatic N) is 2. The Kier molecular flexibility index (Phi) is 2.97. The summed E-state index contributed by atoms with van der Waals surface area (Å²) in [6.45, 7) is 1.78. The Morgan fingerprint density at radius 1 is 1.11 bits per heavy atom. The van der Waals surface area contributed by atoms with Gasteiger partial charge in [0.2, 0.25) is 0 Å². The topological polar surface area (TPSA) is 33.2 Å². The highest BCUT2D eigenvalue weighted by Gasteiger charge is 2.18. The highest BCUT2D eigenvalue weighted by atomic mass is 16.2. The van der Waals surface area contributed by atoms with E-state index in [4.69, 9.17) is 0 Å². The van der Waals surface area contributed by atoms with Gasteiger partial charge in [-0.1, -0.05) is 12.1 Å². The van der Waals surface area contributed by atoms with E-state index in [1.165, 1.54) is 6.42 Å². The van der Waals surface area contributed by atoms with Gasteiger partial charge in [0.1, 0.15) is 0 Å². The van der Waals surface area contributed by atoms with E-state index in [-0.39, 0.29) is 5.91 Å². The van der Waals surface area contributed by atoms with Crippen molar-refractivity contribution in [2.75, 3.05) is 13.1 Å². The van der Waals surface area contributed by atoms with Crippen molar-refractivity contribution in [3.05, 3.63) is 42.1 Å². The van der Waals surface area contributed by atoms with Gasteiger partial charge in [-0.15, -0.1) is 0 Å². The number of hydrogen-bond acceptors (Lipinski definition) is 2. The van der Waals surface area contributed by atoms with E-state index in [2.05, 4.69) is 4.98 Å². The molecule has 0 radical (unpaired) electrons. The molecule has 18 heavy (non-hydrogen) atoms. The van der Waals surface area contributed by atoms with Crippen LogP contribution in [-0.2, 0) is 0 Å². The molecule has 1 saturated heterocycles. The van der Waals surface area contributed by atoms with Crippen LogP contribution in [0.3, 0.4) is 0 Å². The molecule has 0 aliphatic carbocycles. The van der Waals surface area contributed by atoms with Crippen molar-refractivity contribution in [1.82, 2.24) is 9.88 Å². The van der Waals surface area contributed by atoms with Crippen molar-refractivity contribution < 1.29 is 4.79 Å². The van der Waals surface area contributed by atoms with E-state index in [1.807, 2.05) is 35.2 Å². The van der Waals surface area contributed by atoms with Gasteiger partial charge in [0.25, 0.3) is 5.91 Å². The number of aromatic nitrogens is 1. The molecule has 1 aliphatic rings. The van der Waals surface area contributed by atoms with Crippen LogP contribution in [-0.4, -0.2) is 28.9 Å². The summed E-state index contributed by atoms with van der Waals surface area (Å²) in [7, 11) is 0. The molecule has 0 atom stereocenters. The fourth-order valence-corrected chi connectivity index (χ4v) is 2.48. The largest absolute Gasteiger partial charge is 0.339 e. The fourth-order valence-electron chi connectivity index (χ4n) is 2.48. The van der Waals surface area contributed by atoms with Crippen molar-refractivity contribution in [3.8, 4) is 0 Å². The summed E-state index contributed by atoms with van der Waals surface area (Å²) < 4.78 is 0. The molecule has 92 valence electrons. The number of pyridine rings is 1. The quantitative estimate of drug-likeness (QED) is 0.768. The minimum absolute atomic E-state index is 0.141. The molecule has 3 heteroatoms. The number of carbonyl (C=O) groups excluding carboxylic acids is 1. The molecule has 3 rings (SSSR count). The Morgan fingerprint density at radius 2 is 1.94 bits per heavy atom. The number of likely N-dealkylation sites (tertiary alicyclic amines) is 1. The van der Waals surface area contributed by atoms with Crippen molar-refractivity contribution in [2.24, 2.45) is 0 Å². The Balaban J connectivity index is 1.91. The number of carbonyl (C=O) groups is 1. The minimum atomic E-state index is 0.141. The fraction of sp³-hybridized carbons (Fsp3) is 0.333. The number of hydrogen-bond donors (Lipinski definition) is 0. The summed E-state index contributed by atoms with van der Waals surface area (Å²) >= 11 is 0. The van der Waals surface area contributed by atoms with Crippen LogP contribution >= 0.6 is 0 Å². The van der Waals surface area contributed by atoms with Crippen molar-refractivity contribution in [2.45, 2.75) is 19.3 Å². The molecule has 0 unspecified atom stereocenters. The van der Waals surface area contributed by atoms with Crippen LogP contribution in [0.2, 0.25) is 0 Å². The molecule has 0 saturated carbocycles. The first-order valence-electron chi connectivity index (χ1n) is 6.49. The summed E-state index contributed by atoms with van der Waals surface area (Å²) in [5, 5.41) is 1.08. The normalized spacial score (nSPS) is 15.9. The maximum absolute atomic E-state index is 12.3. The van der Waals surface area contributed by atoms with Crippen LogP contribution < -0.4 is 0 Å². The summed E-state index contributed by atoms with van der Waals surface area (Å²) in [5.41, 5.74) is 1.64. The first-order chi connectivity index (χ1) is 8.84. The van der Waals surface area contributed by atoms with Crippen LogP contribution in [0, 0.1) is 0 Å². The molecule has 3 nitrogen and oxygen atoms in total. The van der Waals surface area contributed by atoms with Crippen LogP contribution in [0.1, 0.15) is 29.6 Å². The van der Waals surface area contributed by atoms with Crippen LogP contribution in [0.4, 0.5) is 0 Å². The minimum Gasteiger partial charge on any atom is -0.339 e. The standard InChI is InChI=1S/C15H16N2O/c18-15(17-9-2-1-3-10-17)13-7-6-12-5-4-8-16-14(12)11-13/h4-8,11H,1-3,9-10H2. The van der Waals surface area contributed by atoms with Crippen molar-refractivity contribution in [1.29, 1.82) is 0 Å². The second kappa shape index (κ2) is 4.77. The van der Waals surface area contributed by atoms with Crippen molar-refractivity contribution >= 4 is 16.8 Å². The van der Waals surface area contributed by atoms with E-state index in [0.29, 0.717) is 0 Å². The second-order valence-electron chi connectivity index (χ2n) is 4.76. The third-order valence-corrected chi connectivity index (χ3v) is 3.50. The molecule has 0 bridgehead atoms. The van der Waals surface area contributed by atoms with Crippen molar-refractivity contribution in [3.63, 3.8) is 0 Å². The lowest BCUT2D eigenvalue weighted by molar-refractivity contribution is 0.0724. The highest BCUT2D eigenvalue weighted by Crippen LogP contribution is 2.17. The SMILES string of the molecule is O=C(c1ccc2cccnc2c1)N1CCCCC1. The Labute approximate surface area is 106 Å². The summed E-state index contributed by atoms with van der Waals surface area (Å²) in [4.78, 5) is 18.6. The van der Waals surface area contributed by atoms with Gasteiger partial charge in [-0.2, -0.15) is 0 Å². The average Bonchev–Trinajstić information content (AvgIpc) is 2.47. The number of piperidine rings is 1. The first kappa shape index (κ1) is 11.2. The average molecular weight is 240 g/mol. The second-order valence-corrected chi connectivity index (χ2v) is 4.76. The zero-order valence-electron chi connectivity index (χ0n) is 10.3. The maximum Gasteiger partial charge on any atom is 0.253 e.